The van der Waals surface area contributed by atoms with E-state index < -0.39 is 0 Å². The van der Waals surface area contributed by atoms with E-state index in [0.29, 0.717) is 6.61 Å². The predicted molar refractivity (Wildman–Crippen MR) is 74.4 cm³/mol. The third-order valence-corrected chi connectivity index (χ3v) is 3.31. The lowest BCUT2D eigenvalue weighted by atomic mass is 10.2. The van der Waals surface area contributed by atoms with Gasteiger partial charge in [0.2, 0.25) is 0 Å². The Kier molecular flexibility index (Phi) is 4.38. The normalized spacial score (nSPS) is 10.6. The summed E-state index contributed by atoms with van der Waals surface area (Å²) in [6, 6.07) is 6.03. The predicted octanol–water partition coefficient (Wildman–Crippen LogP) is 2.48. The number of hydrogen-bond acceptors (Lipinski definition) is 3. The number of imidazole rings is 1. The van der Waals surface area contributed by atoms with Crippen molar-refractivity contribution in [3.05, 3.63) is 46.5 Å². The summed E-state index contributed by atoms with van der Waals surface area (Å²) in [5.41, 5.74) is 1.13. The van der Waals surface area contributed by atoms with E-state index in [2.05, 4.69) is 32.3 Å². The average Bonchev–Trinajstić information content (AvgIpc) is 2.75. The van der Waals surface area contributed by atoms with Crippen LogP contribution in [0.4, 0.5) is 0 Å². The van der Waals surface area contributed by atoms with Crippen molar-refractivity contribution in [3.63, 3.8) is 0 Å². The van der Waals surface area contributed by atoms with Crippen molar-refractivity contribution in [2.75, 3.05) is 7.05 Å². The molecule has 0 bridgehead atoms. The zero-order valence-electron chi connectivity index (χ0n) is 10.5. The Labute approximate surface area is 115 Å². The zero-order valence-corrected chi connectivity index (χ0v) is 12.1. The number of aromatic nitrogens is 2. The maximum Gasteiger partial charge on any atom is 0.146 e. The molecule has 1 heterocycles. The van der Waals surface area contributed by atoms with Crippen LogP contribution in [0.2, 0.25) is 0 Å². The first-order valence-electron chi connectivity index (χ1n) is 5.73. The van der Waals surface area contributed by atoms with Gasteiger partial charge in [-0.05, 0) is 29.0 Å². The summed E-state index contributed by atoms with van der Waals surface area (Å²) >= 11 is 3.52. The molecule has 0 amide bonds. The van der Waals surface area contributed by atoms with Gasteiger partial charge in [-0.2, -0.15) is 0 Å². The summed E-state index contributed by atoms with van der Waals surface area (Å²) in [5, 5.41) is 3.13. The molecule has 2 aromatic rings. The minimum Gasteiger partial charge on any atom is -0.484 e. The van der Waals surface area contributed by atoms with Crippen molar-refractivity contribution in [1.29, 1.82) is 0 Å². The highest BCUT2D eigenvalue weighted by Crippen LogP contribution is 2.29. The van der Waals surface area contributed by atoms with Crippen LogP contribution in [-0.2, 0) is 20.2 Å². The van der Waals surface area contributed by atoms with Gasteiger partial charge in [-0.1, -0.05) is 12.1 Å². The largest absolute Gasteiger partial charge is 0.484 e. The Balaban J connectivity index is 2.15. The lowest BCUT2D eigenvalue weighted by Gasteiger charge is -2.13. The van der Waals surface area contributed by atoms with Gasteiger partial charge in [0.25, 0.3) is 0 Å². The minimum absolute atomic E-state index is 0.461. The van der Waals surface area contributed by atoms with Crippen LogP contribution < -0.4 is 10.1 Å². The second-order valence-corrected chi connectivity index (χ2v) is 4.86. The molecule has 0 spiro atoms. The molecular weight excluding hydrogens is 294 g/mol. The Morgan fingerprint density at radius 3 is 2.94 bits per heavy atom. The Hall–Kier alpha value is -1.33. The SMILES string of the molecule is CNCc1cccc(Br)c1OCc1nccn1C. The molecule has 0 radical (unpaired) electrons. The molecule has 18 heavy (non-hydrogen) atoms. The van der Waals surface area contributed by atoms with E-state index in [1.807, 2.05) is 37.0 Å². The number of nitrogens with one attached hydrogen (secondary N) is 1. The van der Waals surface area contributed by atoms with Gasteiger partial charge in [-0.15, -0.1) is 0 Å². The van der Waals surface area contributed by atoms with Crippen LogP contribution in [0.3, 0.4) is 0 Å². The number of hydrogen-bond donors (Lipinski definition) is 1. The minimum atomic E-state index is 0.461. The molecule has 1 aromatic heterocycles. The third-order valence-electron chi connectivity index (χ3n) is 2.68. The maximum atomic E-state index is 5.88. The van der Waals surface area contributed by atoms with E-state index in [1.165, 1.54) is 0 Å². The molecule has 4 nitrogen and oxygen atoms in total. The number of nitrogens with zero attached hydrogens (tertiary/aromatic N) is 2. The standard InChI is InChI=1S/C13H16BrN3O/c1-15-8-10-4-3-5-11(14)13(10)18-9-12-16-6-7-17(12)2/h3-7,15H,8-9H2,1-2H3. The summed E-state index contributed by atoms with van der Waals surface area (Å²) in [4.78, 5) is 4.24. The molecule has 96 valence electrons. The van der Waals surface area contributed by atoms with Crippen LogP contribution in [0.5, 0.6) is 5.75 Å². The van der Waals surface area contributed by atoms with Crippen LogP contribution in [0.1, 0.15) is 11.4 Å². The van der Waals surface area contributed by atoms with Crippen molar-refractivity contribution in [2.24, 2.45) is 7.05 Å². The summed E-state index contributed by atoms with van der Waals surface area (Å²) in [6.07, 6.45) is 3.68. The van der Waals surface area contributed by atoms with Gasteiger partial charge in [0.05, 0.1) is 4.47 Å². The first kappa shape index (κ1) is 13.1. The summed E-state index contributed by atoms with van der Waals surface area (Å²) in [5.74, 6) is 1.77. The van der Waals surface area contributed by atoms with Gasteiger partial charge in [-0.3, -0.25) is 0 Å². The molecule has 2 rings (SSSR count). The topological polar surface area (TPSA) is 39.1 Å². The molecule has 0 aliphatic heterocycles. The lowest BCUT2D eigenvalue weighted by Crippen LogP contribution is -2.09. The van der Waals surface area contributed by atoms with E-state index in [0.717, 1.165) is 28.2 Å². The number of aryl methyl sites for hydroxylation is 1. The highest BCUT2D eigenvalue weighted by Gasteiger charge is 2.09. The highest BCUT2D eigenvalue weighted by atomic mass is 79.9. The number of para-hydroxylation sites is 1. The van der Waals surface area contributed by atoms with Crippen LogP contribution >= 0.6 is 15.9 Å². The van der Waals surface area contributed by atoms with Crippen LogP contribution in [-0.4, -0.2) is 16.6 Å². The zero-order chi connectivity index (χ0) is 13.0. The fourth-order valence-corrected chi connectivity index (χ4v) is 2.24. The van der Waals surface area contributed by atoms with Gasteiger partial charge < -0.3 is 14.6 Å². The van der Waals surface area contributed by atoms with Crippen molar-refractivity contribution >= 4 is 15.9 Å². The quantitative estimate of drug-likeness (QED) is 0.922. The van der Waals surface area contributed by atoms with Crippen LogP contribution in [0.25, 0.3) is 0 Å². The smallest absolute Gasteiger partial charge is 0.146 e. The summed E-state index contributed by atoms with van der Waals surface area (Å²) in [6.45, 7) is 1.23. The fourth-order valence-electron chi connectivity index (χ4n) is 1.72. The second-order valence-electron chi connectivity index (χ2n) is 4.00. The van der Waals surface area contributed by atoms with Gasteiger partial charge in [0, 0.05) is 31.5 Å². The fraction of sp³-hybridized carbons (Fsp3) is 0.308. The van der Waals surface area contributed by atoms with Crippen molar-refractivity contribution in [2.45, 2.75) is 13.2 Å². The van der Waals surface area contributed by atoms with Crippen molar-refractivity contribution < 1.29 is 4.74 Å². The monoisotopic (exact) mass is 309 g/mol. The Morgan fingerprint density at radius 2 is 2.28 bits per heavy atom. The molecule has 0 unspecified atom stereocenters. The molecule has 0 atom stereocenters. The molecule has 1 N–H and O–H groups in total. The first-order valence-corrected chi connectivity index (χ1v) is 6.52. The van der Waals surface area contributed by atoms with Crippen LogP contribution in [0.15, 0.2) is 35.1 Å². The van der Waals surface area contributed by atoms with E-state index in [9.17, 15) is 0 Å². The van der Waals surface area contributed by atoms with Crippen molar-refractivity contribution in [3.8, 4) is 5.75 Å². The van der Waals surface area contributed by atoms with E-state index in [1.54, 1.807) is 6.20 Å². The molecule has 0 fully saturated rings. The van der Waals surface area contributed by atoms with Gasteiger partial charge >= 0.3 is 0 Å². The number of benzene rings is 1. The highest BCUT2D eigenvalue weighted by molar-refractivity contribution is 9.10. The second kappa shape index (κ2) is 6.02. The molecule has 0 aliphatic rings. The average molecular weight is 310 g/mol. The molecule has 5 heteroatoms. The van der Waals surface area contributed by atoms with Crippen LogP contribution in [0, 0.1) is 0 Å². The van der Waals surface area contributed by atoms with Gasteiger partial charge in [-0.25, -0.2) is 4.98 Å². The van der Waals surface area contributed by atoms with Gasteiger partial charge in [0.1, 0.15) is 18.2 Å². The van der Waals surface area contributed by atoms with E-state index >= 15 is 0 Å². The number of rotatable bonds is 5. The number of ether oxygens (including phenoxy) is 1. The Bertz CT molecular complexity index is 525. The van der Waals surface area contributed by atoms with E-state index in [4.69, 9.17) is 4.74 Å². The molecule has 0 aliphatic carbocycles. The lowest BCUT2D eigenvalue weighted by molar-refractivity contribution is 0.286. The van der Waals surface area contributed by atoms with Gasteiger partial charge in [0.15, 0.2) is 0 Å². The molecule has 0 saturated carbocycles. The molecular formula is C13H16BrN3O. The van der Waals surface area contributed by atoms with Crippen molar-refractivity contribution in [1.82, 2.24) is 14.9 Å². The third kappa shape index (κ3) is 2.91. The first-order chi connectivity index (χ1) is 8.72. The number of halogens is 1. The molecule has 0 saturated heterocycles. The maximum absolute atomic E-state index is 5.88. The Morgan fingerprint density at radius 1 is 1.44 bits per heavy atom. The summed E-state index contributed by atoms with van der Waals surface area (Å²) < 4.78 is 8.79. The molecule has 1 aromatic carbocycles. The van der Waals surface area contributed by atoms with E-state index in [-0.39, 0.29) is 0 Å². The summed E-state index contributed by atoms with van der Waals surface area (Å²) in [7, 11) is 3.88.